The van der Waals surface area contributed by atoms with E-state index >= 15 is 0 Å². The molecule has 0 amide bonds. The van der Waals surface area contributed by atoms with Crippen LogP contribution in [0.4, 0.5) is 0 Å². The number of hydrogen-bond donors (Lipinski definition) is 1. The van der Waals surface area contributed by atoms with Crippen molar-refractivity contribution in [3.05, 3.63) is 35.9 Å². The fraction of sp³-hybridized carbons (Fsp3) is 0.579. The van der Waals surface area contributed by atoms with Gasteiger partial charge in [-0.25, -0.2) is 0 Å². The van der Waals surface area contributed by atoms with E-state index in [1.807, 2.05) is 56.3 Å². The Hall–Kier alpha value is -1.69. The minimum atomic E-state index is -3.53. The van der Waals surface area contributed by atoms with Crippen LogP contribution >= 0.6 is 7.60 Å². The average Bonchev–Trinajstić information content (AvgIpc) is 2.66. The lowest BCUT2D eigenvalue weighted by Gasteiger charge is -2.32. The molecule has 26 heavy (non-hydrogen) atoms. The van der Waals surface area contributed by atoms with Crippen molar-refractivity contribution < 1.29 is 13.6 Å². The second kappa shape index (κ2) is 12.6. The summed E-state index contributed by atoms with van der Waals surface area (Å²) in [6.45, 7) is 4.71. The number of benzene rings is 1. The molecule has 1 aromatic carbocycles. The Morgan fingerprint density at radius 2 is 1.58 bits per heavy atom. The third kappa shape index (κ3) is 7.28. The van der Waals surface area contributed by atoms with Crippen LogP contribution in [0.15, 0.2) is 30.3 Å². The van der Waals surface area contributed by atoms with Gasteiger partial charge in [0, 0.05) is 6.54 Å². The van der Waals surface area contributed by atoms with Gasteiger partial charge in [0.05, 0.1) is 38.2 Å². The first-order valence-electron chi connectivity index (χ1n) is 9.01. The van der Waals surface area contributed by atoms with Gasteiger partial charge in [0.15, 0.2) is 0 Å². The quantitative estimate of drug-likeness (QED) is 0.399. The van der Waals surface area contributed by atoms with Gasteiger partial charge >= 0.3 is 7.60 Å². The molecule has 0 spiro atoms. The molecule has 0 fully saturated rings. The SMILES string of the molecule is CCC(CC)[C@@H](NCc1ccccc1)P(=O)(OCCC#N)OCCC#N. The summed E-state index contributed by atoms with van der Waals surface area (Å²) < 4.78 is 24.7. The van der Waals surface area contributed by atoms with Crippen LogP contribution in [-0.2, 0) is 20.2 Å². The van der Waals surface area contributed by atoms with E-state index in [1.165, 1.54) is 0 Å². The number of hydrogen-bond acceptors (Lipinski definition) is 6. The highest BCUT2D eigenvalue weighted by molar-refractivity contribution is 7.54. The zero-order valence-electron chi connectivity index (χ0n) is 15.6. The van der Waals surface area contributed by atoms with Crippen molar-refractivity contribution in [1.82, 2.24) is 5.32 Å². The molecule has 0 saturated carbocycles. The average molecular weight is 377 g/mol. The summed E-state index contributed by atoms with van der Waals surface area (Å²) in [4.78, 5) is 0. The highest BCUT2D eigenvalue weighted by Gasteiger charge is 2.40. The van der Waals surface area contributed by atoms with E-state index in [1.54, 1.807) is 0 Å². The van der Waals surface area contributed by atoms with Crippen LogP contribution in [0.25, 0.3) is 0 Å². The molecule has 1 aromatic rings. The highest BCUT2D eigenvalue weighted by Crippen LogP contribution is 2.55. The molecule has 7 heteroatoms. The summed E-state index contributed by atoms with van der Waals surface area (Å²) in [5.74, 6) is -0.399. The third-order valence-electron chi connectivity index (χ3n) is 4.16. The van der Waals surface area contributed by atoms with Gasteiger partial charge in [-0.15, -0.1) is 0 Å². The largest absolute Gasteiger partial charge is 0.347 e. The van der Waals surface area contributed by atoms with Crippen LogP contribution in [0.5, 0.6) is 0 Å². The van der Waals surface area contributed by atoms with Crippen molar-refractivity contribution in [1.29, 1.82) is 10.5 Å². The summed E-state index contributed by atoms with van der Waals surface area (Å²) in [6, 6.07) is 13.8. The van der Waals surface area contributed by atoms with Crippen LogP contribution in [0.2, 0.25) is 0 Å². The van der Waals surface area contributed by atoms with E-state index in [0.717, 1.165) is 18.4 Å². The summed E-state index contributed by atoms with van der Waals surface area (Å²) in [5, 5.41) is 20.9. The number of rotatable bonds is 13. The molecule has 0 bridgehead atoms. The maximum Gasteiger partial charge on any atom is 0.347 e. The third-order valence-corrected chi connectivity index (χ3v) is 6.53. The monoisotopic (exact) mass is 377 g/mol. The molecule has 1 rings (SSSR count). The Kier molecular flexibility index (Phi) is 10.9. The normalized spacial score (nSPS) is 12.5. The van der Waals surface area contributed by atoms with Crippen molar-refractivity contribution >= 4 is 7.60 Å². The van der Waals surface area contributed by atoms with Gasteiger partial charge in [0.2, 0.25) is 0 Å². The predicted molar refractivity (Wildman–Crippen MR) is 101 cm³/mol. The zero-order valence-corrected chi connectivity index (χ0v) is 16.5. The van der Waals surface area contributed by atoms with Gasteiger partial charge in [0.25, 0.3) is 0 Å². The predicted octanol–water partition coefficient (Wildman–Crippen LogP) is 4.59. The summed E-state index contributed by atoms with van der Waals surface area (Å²) in [6.07, 6.45) is 1.91. The molecule has 0 heterocycles. The second-order valence-electron chi connectivity index (χ2n) is 5.91. The van der Waals surface area contributed by atoms with E-state index < -0.39 is 13.4 Å². The maximum atomic E-state index is 13.5. The van der Waals surface area contributed by atoms with E-state index in [0.29, 0.717) is 6.54 Å². The number of nitrogens with zero attached hydrogens (tertiary/aromatic N) is 2. The Labute approximate surface area is 156 Å². The van der Waals surface area contributed by atoms with Gasteiger partial charge in [-0.3, -0.25) is 9.88 Å². The molecule has 0 saturated heterocycles. The molecule has 0 aliphatic heterocycles. The number of nitriles is 2. The molecule has 0 aliphatic carbocycles. The van der Waals surface area contributed by atoms with Gasteiger partial charge in [-0.2, -0.15) is 10.5 Å². The molecule has 0 radical (unpaired) electrons. The van der Waals surface area contributed by atoms with E-state index in [9.17, 15) is 4.57 Å². The fourth-order valence-electron chi connectivity index (χ4n) is 2.73. The number of nitrogens with one attached hydrogen (secondary N) is 1. The molecule has 6 nitrogen and oxygen atoms in total. The molecule has 1 atom stereocenters. The van der Waals surface area contributed by atoms with Crippen molar-refractivity contribution in [2.45, 2.75) is 51.9 Å². The second-order valence-corrected chi connectivity index (χ2v) is 8.06. The topological polar surface area (TPSA) is 95.1 Å². The molecule has 0 aliphatic rings. The lowest BCUT2D eigenvalue weighted by molar-refractivity contribution is 0.186. The lowest BCUT2D eigenvalue weighted by atomic mass is 10.0. The Morgan fingerprint density at radius 3 is 2.04 bits per heavy atom. The van der Waals surface area contributed by atoms with Crippen molar-refractivity contribution in [2.24, 2.45) is 5.92 Å². The van der Waals surface area contributed by atoms with E-state index in [-0.39, 0.29) is 32.0 Å². The van der Waals surface area contributed by atoms with Crippen molar-refractivity contribution in [3.63, 3.8) is 0 Å². The van der Waals surface area contributed by atoms with Crippen molar-refractivity contribution in [3.8, 4) is 12.1 Å². The van der Waals surface area contributed by atoms with E-state index in [2.05, 4.69) is 5.32 Å². The maximum absolute atomic E-state index is 13.5. The minimum Gasteiger partial charge on any atom is -0.306 e. The summed E-state index contributed by atoms with van der Waals surface area (Å²) >= 11 is 0. The van der Waals surface area contributed by atoms with Gasteiger partial charge in [0.1, 0.15) is 5.78 Å². The van der Waals surface area contributed by atoms with E-state index in [4.69, 9.17) is 19.6 Å². The molecule has 0 unspecified atom stereocenters. The van der Waals surface area contributed by atoms with Crippen LogP contribution in [0, 0.1) is 28.6 Å². The standard InChI is InChI=1S/C19H28N3O3P/c1-3-18(4-2)19(22-16-17-10-6-5-7-11-17)26(23,24-14-8-12-20)25-15-9-13-21/h5-7,10-11,18-19,22H,3-4,8-9,14-16H2,1-2H3/t19-/m0/s1. The van der Waals surface area contributed by atoms with Gasteiger partial charge < -0.3 is 9.05 Å². The fourth-order valence-corrected chi connectivity index (χ4v) is 5.07. The van der Waals surface area contributed by atoms with Gasteiger partial charge in [-0.1, -0.05) is 57.0 Å². The Morgan fingerprint density at radius 1 is 1.04 bits per heavy atom. The molecule has 1 N–H and O–H groups in total. The zero-order chi connectivity index (χ0) is 19.3. The highest BCUT2D eigenvalue weighted by atomic mass is 31.2. The van der Waals surface area contributed by atoms with Crippen molar-refractivity contribution in [2.75, 3.05) is 13.2 Å². The molecular weight excluding hydrogens is 349 g/mol. The Balaban J connectivity index is 2.99. The molecule has 142 valence electrons. The Bertz CT molecular complexity index is 612. The minimum absolute atomic E-state index is 0.0456. The molecular formula is C19H28N3O3P. The van der Waals surface area contributed by atoms with Gasteiger partial charge in [-0.05, 0) is 11.5 Å². The first-order valence-corrected chi connectivity index (χ1v) is 10.6. The molecule has 0 aromatic heterocycles. The van der Waals surface area contributed by atoms with Crippen LogP contribution in [-0.4, -0.2) is 19.0 Å². The first kappa shape index (κ1) is 22.4. The van der Waals surface area contributed by atoms with Crippen LogP contribution in [0.1, 0.15) is 45.1 Å². The van der Waals surface area contributed by atoms with Crippen LogP contribution < -0.4 is 5.32 Å². The summed E-state index contributed by atoms with van der Waals surface area (Å²) in [7, 11) is -3.53. The smallest absolute Gasteiger partial charge is 0.306 e. The van der Waals surface area contributed by atoms with Crippen LogP contribution in [0.3, 0.4) is 0 Å². The lowest BCUT2D eigenvalue weighted by Crippen LogP contribution is -2.37. The first-order chi connectivity index (χ1) is 12.6. The summed E-state index contributed by atoms with van der Waals surface area (Å²) in [5.41, 5.74) is 1.07.